The zero-order chi connectivity index (χ0) is 14.8. The summed E-state index contributed by atoms with van der Waals surface area (Å²) in [6.07, 6.45) is 0. The van der Waals surface area contributed by atoms with Crippen molar-refractivity contribution in [3.05, 3.63) is 28.2 Å². The van der Waals surface area contributed by atoms with Crippen molar-refractivity contribution in [3.63, 3.8) is 0 Å². The summed E-state index contributed by atoms with van der Waals surface area (Å²) in [7, 11) is -3.07. The topological polar surface area (TPSA) is 63.4 Å². The minimum atomic E-state index is -3.07. The summed E-state index contributed by atoms with van der Waals surface area (Å²) < 4.78 is 25.4. The molecule has 4 nitrogen and oxygen atoms in total. The number of rotatable bonds is 4. The molecule has 0 bridgehead atoms. The summed E-state index contributed by atoms with van der Waals surface area (Å²) in [4.78, 5) is 2.03. The first-order valence-electron chi connectivity index (χ1n) is 6.52. The number of sulfone groups is 1. The van der Waals surface area contributed by atoms with E-state index in [2.05, 4.69) is 15.9 Å². The normalized spacial score (nSPS) is 21.0. The smallest absolute Gasteiger partial charge is 0.166 e. The van der Waals surface area contributed by atoms with E-state index in [4.69, 9.17) is 5.73 Å². The van der Waals surface area contributed by atoms with Crippen molar-refractivity contribution in [2.75, 3.05) is 29.5 Å². The molecular formula is C13H19BrN2O2S2. The number of anilines is 1. The molecule has 0 radical (unpaired) electrons. The molecule has 0 amide bonds. The van der Waals surface area contributed by atoms with Gasteiger partial charge in [-0.05, 0) is 12.1 Å². The Kier molecular flexibility index (Phi) is 5.39. The van der Waals surface area contributed by atoms with E-state index in [0.29, 0.717) is 18.0 Å². The van der Waals surface area contributed by atoms with Crippen molar-refractivity contribution in [2.45, 2.75) is 18.8 Å². The van der Waals surface area contributed by atoms with E-state index in [1.807, 2.05) is 23.1 Å². The number of benzene rings is 1. The maximum absolute atomic E-state index is 12.2. The number of thioether (sulfide) groups is 1. The lowest BCUT2D eigenvalue weighted by atomic mass is 10.1. The molecule has 0 aliphatic carbocycles. The lowest BCUT2D eigenvalue weighted by Crippen LogP contribution is -2.47. The van der Waals surface area contributed by atoms with Crippen LogP contribution in [0.3, 0.4) is 0 Å². The summed E-state index contributed by atoms with van der Waals surface area (Å²) >= 11 is 5.20. The van der Waals surface area contributed by atoms with Gasteiger partial charge >= 0.3 is 0 Å². The Bertz CT molecular complexity index is 557. The molecule has 1 heterocycles. The largest absolute Gasteiger partial charge is 0.398 e. The van der Waals surface area contributed by atoms with Gasteiger partial charge in [0.2, 0.25) is 0 Å². The zero-order valence-corrected chi connectivity index (χ0v) is 14.6. The number of hydrogen-bond donors (Lipinski definition) is 1. The van der Waals surface area contributed by atoms with Gasteiger partial charge in [-0.2, -0.15) is 11.8 Å². The third-order valence-corrected chi connectivity index (χ3v) is 7.60. The molecule has 0 aromatic heterocycles. The van der Waals surface area contributed by atoms with Crippen molar-refractivity contribution < 1.29 is 8.42 Å². The monoisotopic (exact) mass is 378 g/mol. The second-order valence-electron chi connectivity index (χ2n) is 4.76. The van der Waals surface area contributed by atoms with E-state index in [0.717, 1.165) is 22.3 Å². The number of halogens is 1. The predicted octanol–water partition coefficient (Wildman–Crippen LogP) is 2.34. The zero-order valence-electron chi connectivity index (χ0n) is 11.4. The van der Waals surface area contributed by atoms with E-state index < -0.39 is 15.2 Å². The molecule has 1 atom stereocenters. The van der Waals surface area contributed by atoms with Crippen LogP contribution in [0.25, 0.3) is 0 Å². The summed E-state index contributed by atoms with van der Waals surface area (Å²) in [6.45, 7) is 3.05. The lowest BCUT2D eigenvalue weighted by molar-refractivity contribution is 0.261. The fraction of sp³-hybridized carbons (Fsp3) is 0.538. The first kappa shape index (κ1) is 16.1. The first-order chi connectivity index (χ1) is 9.45. The van der Waals surface area contributed by atoms with Crippen LogP contribution < -0.4 is 5.73 Å². The van der Waals surface area contributed by atoms with Gasteiger partial charge in [-0.25, -0.2) is 8.42 Å². The van der Waals surface area contributed by atoms with E-state index >= 15 is 0 Å². The van der Waals surface area contributed by atoms with Gasteiger partial charge in [-0.1, -0.05) is 28.9 Å². The molecule has 0 spiro atoms. The highest BCUT2D eigenvalue weighted by atomic mass is 79.9. The van der Waals surface area contributed by atoms with Gasteiger partial charge < -0.3 is 5.73 Å². The standard InChI is InChI=1S/C13H19BrN2O2S2/c1-2-20(17,18)13-9-19-7-6-16(13)8-10-11(14)4-3-5-12(10)15/h3-5,13H,2,6-9,15H2,1H3. The Morgan fingerprint density at radius 3 is 2.90 bits per heavy atom. The van der Waals surface area contributed by atoms with Gasteiger partial charge in [0.15, 0.2) is 9.84 Å². The van der Waals surface area contributed by atoms with Crippen LogP contribution in [-0.4, -0.2) is 42.5 Å². The van der Waals surface area contributed by atoms with Gasteiger partial charge in [-0.3, -0.25) is 4.90 Å². The fourth-order valence-corrected chi connectivity index (χ4v) is 5.85. The minimum absolute atomic E-state index is 0.181. The molecule has 20 heavy (non-hydrogen) atoms. The Balaban J connectivity index is 2.26. The van der Waals surface area contributed by atoms with Crippen molar-refractivity contribution in [2.24, 2.45) is 0 Å². The van der Waals surface area contributed by atoms with Crippen LogP contribution in [0.15, 0.2) is 22.7 Å². The molecule has 112 valence electrons. The van der Waals surface area contributed by atoms with Crippen LogP contribution in [0, 0.1) is 0 Å². The highest BCUT2D eigenvalue weighted by Gasteiger charge is 2.33. The number of nitrogens with zero attached hydrogens (tertiary/aromatic N) is 1. The minimum Gasteiger partial charge on any atom is -0.398 e. The average molecular weight is 379 g/mol. The second kappa shape index (κ2) is 6.68. The van der Waals surface area contributed by atoms with Crippen LogP contribution >= 0.6 is 27.7 Å². The molecule has 2 rings (SSSR count). The number of nitrogens with two attached hydrogens (primary N) is 1. The number of nitrogen functional groups attached to an aromatic ring is 1. The summed E-state index contributed by atoms with van der Waals surface area (Å²) in [6, 6.07) is 5.67. The van der Waals surface area contributed by atoms with Gasteiger partial charge in [0.05, 0.1) is 0 Å². The molecule has 1 fully saturated rings. The van der Waals surface area contributed by atoms with Gasteiger partial charge in [0.1, 0.15) is 5.37 Å². The summed E-state index contributed by atoms with van der Waals surface area (Å²) in [5.74, 6) is 1.78. The maximum atomic E-state index is 12.2. The molecule has 0 saturated carbocycles. The van der Waals surface area contributed by atoms with Crippen molar-refractivity contribution in [1.29, 1.82) is 0 Å². The molecule has 1 saturated heterocycles. The van der Waals surface area contributed by atoms with E-state index in [1.165, 1.54) is 0 Å². The fourth-order valence-electron chi connectivity index (χ4n) is 2.26. The summed E-state index contributed by atoms with van der Waals surface area (Å²) in [5, 5.41) is -0.405. The van der Waals surface area contributed by atoms with Crippen molar-refractivity contribution >= 4 is 43.2 Å². The molecule has 1 aromatic rings. The molecule has 1 unspecified atom stereocenters. The first-order valence-corrected chi connectivity index (χ1v) is 10.2. The van der Waals surface area contributed by atoms with Crippen LogP contribution in [0.4, 0.5) is 5.69 Å². The van der Waals surface area contributed by atoms with Crippen molar-refractivity contribution in [3.8, 4) is 0 Å². The third-order valence-electron chi connectivity index (χ3n) is 3.52. The lowest BCUT2D eigenvalue weighted by Gasteiger charge is -2.35. The quantitative estimate of drug-likeness (QED) is 0.814. The molecule has 1 aliphatic rings. The SMILES string of the molecule is CCS(=O)(=O)C1CSCCN1Cc1c(N)cccc1Br. The Labute approximate surface area is 133 Å². The molecule has 1 aromatic carbocycles. The van der Waals surface area contributed by atoms with Crippen molar-refractivity contribution in [1.82, 2.24) is 4.90 Å². The van der Waals surface area contributed by atoms with Gasteiger partial charge in [0, 0.05) is 46.1 Å². The van der Waals surface area contributed by atoms with Gasteiger partial charge in [-0.15, -0.1) is 0 Å². The van der Waals surface area contributed by atoms with Crippen LogP contribution in [0.5, 0.6) is 0 Å². The molecule has 7 heteroatoms. The molecule has 2 N–H and O–H groups in total. The van der Waals surface area contributed by atoms with E-state index in [-0.39, 0.29) is 5.75 Å². The van der Waals surface area contributed by atoms with E-state index in [9.17, 15) is 8.42 Å². The highest BCUT2D eigenvalue weighted by molar-refractivity contribution is 9.10. The second-order valence-corrected chi connectivity index (χ2v) is 9.21. The average Bonchev–Trinajstić information content (AvgIpc) is 2.43. The predicted molar refractivity (Wildman–Crippen MR) is 89.5 cm³/mol. The highest BCUT2D eigenvalue weighted by Crippen LogP contribution is 2.28. The Morgan fingerprint density at radius 2 is 2.25 bits per heavy atom. The molecule has 1 aliphatic heterocycles. The van der Waals surface area contributed by atoms with Gasteiger partial charge in [0.25, 0.3) is 0 Å². The molecular weight excluding hydrogens is 360 g/mol. The Morgan fingerprint density at radius 1 is 1.50 bits per heavy atom. The summed E-state index contributed by atoms with van der Waals surface area (Å²) in [5.41, 5.74) is 7.68. The third kappa shape index (κ3) is 3.50. The maximum Gasteiger partial charge on any atom is 0.166 e. The van der Waals surface area contributed by atoms with E-state index in [1.54, 1.807) is 18.7 Å². The van der Waals surface area contributed by atoms with Crippen LogP contribution in [0.2, 0.25) is 0 Å². The van der Waals surface area contributed by atoms with Crippen LogP contribution in [-0.2, 0) is 16.4 Å². The Hall–Kier alpha value is -0.240. The number of hydrogen-bond acceptors (Lipinski definition) is 5. The van der Waals surface area contributed by atoms with Crippen LogP contribution in [0.1, 0.15) is 12.5 Å².